The van der Waals surface area contributed by atoms with Crippen molar-refractivity contribution < 1.29 is 4.74 Å². The molecule has 0 heterocycles. The molecule has 0 saturated carbocycles. The summed E-state index contributed by atoms with van der Waals surface area (Å²) >= 11 is 0. The first-order valence-corrected chi connectivity index (χ1v) is 6.80. The molecule has 0 unspecified atom stereocenters. The Kier molecular flexibility index (Phi) is 12.2. The van der Waals surface area contributed by atoms with E-state index in [9.17, 15) is 0 Å². The Balaban J connectivity index is 3.06. The van der Waals surface area contributed by atoms with Gasteiger partial charge in [-0.15, -0.1) is 0 Å². The first-order valence-electron chi connectivity index (χ1n) is 6.80. The van der Waals surface area contributed by atoms with E-state index in [1.54, 1.807) is 0 Å². The summed E-state index contributed by atoms with van der Waals surface area (Å²) in [6.45, 7) is 12.5. The average Bonchev–Trinajstić information content (AvgIpc) is 2.32. The second-order valence-corrected chi connectivity index (χ2v) is 4.19. The van der Waals surface area contributed by atoms with Gasteiger partial charge < -0.3 is 9.64 Å². The Morgan fingerprint density at radius 2 is 1.50 bits per heavy atom. The highest BCUT2D eigenvalue weighted by Crippen LogP contribution is 2.06. The Morgan fingerprint density at radius 1 is 0.938 bits per heavy atom. The molecule has 96 valence electrons. The zero-order valence-electron chi connectivity index (χ0n) is 11.2. The van der Waals surface area contributed by atoms with Gasteiger partial charge in [-0.1, -0.05) is 46.1 Å². The van der Waals surface area contributed by atoms with Crippen LogP contribution in [0.5, 0.6) is 0 Å². The van der Waals surface area contributed by atoms with E-state index in [0.717, 1.165) is 6.61 Å². The number of nitrogens with zero attached hydrogens (tertiary/aromatic N) is 1. The molecule has 0 rings (SSSR count). The quantitative estimate of drug-likeness (QED) is 0.371. The summed E-state index contributed by atoms with van der Waals surface area (Å²) in [7, 11) is 0. The van der Waals surface area contributed by atoms with Crippen molar-refractivity contribution in [3.8, 4) is 0 Å². The molecule has 0 saturated heterocycles. The van der Waals surface area contributed by atoms with E-state index in [2.05, 4.69) is 25.3 Å². The fourth-order valence-electron chi connectivity index (χ4n) is 1.85. The summed E-state index contributed by atoms with van der Waals surface area (Å²) in [5.74, 6) is 0. The zero-order chi connectivity index (χ0) is 12.1. The van der Waals surface area contributed by atoms with Crippen LogP contribution in [0, 0.1) is 0 Å². The van der Waals surface area contributed by atoms with Crippen molar-refractivity contribution in [3.63, 3.8) is 0 Å². The third-order valence-corrected chi connectivity index (χ3v) is 3.00. The van der Waals surface area contributed by atoms with Crippen LogP contribution in [0.1, 0.15) is 52.4 Å². The standard InChI is InChI=1S/C14H29NO/c1-4-15(5-2)13-11-9-7-8-10-12-14-16-6-3/h6H,3-5,7-14H2,1-2H3. The lowest BCUT2D eigenvalue weighted by Crippen LogP contribution is -2.23. The van der Waals surface area contributed by atoms with Gasteiger partial charge in [-0.05, 0) is 32.5 Å². The molecule has 0 aliphatic heterocycles. The van der Waals surface area contributed by atoms with Crippen molar-refractivity contribution in [1.82, 2.24) is 4.90 Å². The maximum atomic E-state index is 5.08. The van der Waals surface area contributed by atoms with Crippen LogP contribution in [-0.4, -0.2) is 31.1 Å². The average molecular weight is 227 g/mol. The SMILES string of the molecule is C=COCCCCCCCCN(CC)CC. The van der Waals surface area contributed by atoms with Crippen LogP contribution < -0.4 is 0 Å². The molecule has 0 aliphatic carbocycles. The second-order valence-electron chi connectivity index (χ2n) is 4.19. The zero-order valence-corrected chi connectivity index (χ0v) is 11.2. The summed E-state index contributed by atoms with van der Waals surface area (Å²) < 4.78 is 5.08. The Bertz CT molecular complexity index is 144. The van der Waals surface area contributed by atoms with Crippen molar-refractivity contribution in [3.05, 3.63) is 12.8 Å². The molecule has 0 fully saturated rings. The van der Waals surface area contributed by atoms with Gasteiger partial charge in [0.05, 0.1) is 12.9 Å². The van der Waals surface area contributed by atoms with E-state index in [0.29, 0.717) is 0 Å². The molecule has 2 heteroatoms. The lowest BCUT2D eigenvalue weighted by molar-refractivity contribution is 0.241. The van der Waals surface area contributed by atoms with Gasteiger partial charge in [0.25, 0.3) is 0 Å². The van der Waals surface area contributed by atoms with Crippen molar-refractivity contribution in [1.29, 1.82) is 0 Å². The molecule has 0 aromatic rings. The minimum atomic E-state index is 0.836. The number of ether oxygens (including phenoxy) is 1. The molecule has 2 nitrogen and oxygen atoms in total. The van der Waals surface area contributed by atoms with Gasteiger partial charge in [-0.3, -0.25) is 0 Å². The van der Waals surface area contributed by atoms with Crippen LogP contribution in [0.15, 0.2) is 12.8 Å². The molecule has 0 atom stereocenters. The Labute approximate surface area is 102 Å². The monoisotopic (exact) mass is 227 g/mol. The van der Waals surface area contributed by atoms with E-state index >= 15 is 0 Å². The van der Waals surface area contributed by atoms with Crippen LogP contribution in [-0.2, 0) is 4.74 Å². The molecular formula is C14H29NO. The van der Waals surface area contributed by atoms with Gasteiger partial charge >= 0.3 is 0 Å². The fourth-order valence-corrected chi connectivity index (χ4v) is 1.85. The van der Waals surface area contributed by atoms with Gasteiger partial charge in [-0.25, -0.2) is 0 Å². The highest BCUT2D eigenvalue weighted by atomic mass is 16.5. The van der Waals surface area contributed by atoms with Crippen LogP contribution in [0.2, 0.25) is 0 Å². The van der Waals surface area contributed by atoms with Crippen molar-refractivity contribution >= 4 is 0 Å². The Hall–Kier alpha value is -0.500. The molecule has 0 aromatic carbocycles. The molecular weight excluding hydrogens is 198 g/mol. The molecule has 0 spiro atoms. The molecule has 0 bridgehead atoms. The van der Waals surface area contributed by atoms with E-state index in [1.165, 1.54) is 64.4 Å². The smallest absolute Gasteiger partial charge is 0.0873 e. The molecule has 0 radical (unpaired) electrons. The summed E-state index contributed by atoms with van der Waals surface area (Å²) in [6.07, 6.45) is 9.43. The molecule has 0 aromatic heterocycles. The van der Waals surface area contributed by atoms with Gasteiger partial charge in [0.1, 0.15) is 0 Å². The van der Waals surface area contributed by atoms with E-state index in [-0.39, 0.29) is 0 Å². The lowest BCUT2D eigenvalue weighted by Gasteiger charge is -2.17. The third-order valence-electron chi connectivity index (χ3n) is 3.00. The van der Waals surface area contributed by atoms with Crippen molar-refractivity contribution in [2.75, 3.05) is 26.2 Å². The molecule has 0 amide bonds. The topological polar surface area (TPSA) is 12.5 Å². The fraction of sp³-hybridized carbons (Fsp3) is 0.857. The summed E-state index contributed by atoms with van der Waals surface area (Å²) in [5.41, 5.74) is 0. The molecule has 0 N–H and O–H groups in total. The largest absolute Gasteiger partial charge is 0.502 e. The summed E-state index contributed by atoms with van der Waals surface area (Å²) in [5, 5.41) is 0. The minimum Gasteiger partial charge on any atom is -0.502 e. The third kappa shape index (κ3) is 10.0. The molecule has 16 heavy (non-hydrogen) atoms. The normalized spacial score (nSPS) is 10.7. The first-order chi connectivity index (χ1) is 7.85. The van der Waals surface area contributed by atoms with Gasteiger partial charge in [0.2, 0.25) is 0 Å². The number of hydrogen-bond donors (Lipinski definition) is 0. The summed E-state index contributed by atoms with van der Waals surface area (Å²) in [6, 6.07) is 0. The first kappa shape index (κ1) is 15.5. The highest BCUT2D eigenvalue weighted by Gasteiger charge is 1.97. The van der Waals surface area contributed by atoms with Crippen LogP contribution in [0.3, 0.4) is 0 Å². The Morgan fingerprint density at radius 3 is 2.06 bits per heavy atom. The predicted octanol–water partition coefficient (Wildman–Crippen LogP) is 3.83. The lowest BCUT2D eigenvalue weighted by atomic mass is 10.1. The van der Waals surface area contributed by atoms with E-state index < -0.39 is 0 Å². The van der Waals surface area contributed by atoms with Crippen molar-refractivity contribution in [2.24, 2.45) is 0 Å². The van der Waals surface area contributed by atoms with Crippen LogP contribution >= 0.6 is 0 Å². The van der Waals surface area contributed by atoms with E-state index in [4.69, 9.17) is 4.74 Å². The predicted molar refractivity (Wildman–Crippen MR) is 71.6 cm³/mol. The van der Waals surface area contributed by atoms with Crippen LogP contribution in [0.4, 0.5) is 0 Å². The summed E-state index contributed by atoms with van der Waals surface area (Å²) in [4.78, 5) is 2.50. The van der Waals surface area contributed by atoms with Crippen molar-refractivity contribution in [2.45, 2.75) is 52.4 Å². The number of rotatable bonds is 12. The molecule has 0 aliphatic rings. The van der Waals surface area contributed by atoms with Gasteiger partial charge in [-0.2, -0.15) is 0 Å². The van der Waals surface area contributed by atoms with Crippen LogP contribution in [0.25, 0.3) is 0 Å². The highest BCUT2D eigenvalue weighted by molar-refractivity contribution is 4.53. The maximum Gasteiger partial charge on any atom is 0.0873 e. The van der Waals surface area contributed by atoms with Gasteiger partial charge in [0.15, 0.2) is 0 Å². The number of unbranched alkanes of at least 4 members (excludes halogenated alkanes) is 5. The second kappa shape index (κ2) is 12.6. The maximum absolute atomic E-state index is 5.08. The van der Waals surface area contributed by atoms with Gasteiger partial charge in [0, 0.05) is 0 Å². The van der Waals surface area contributed by atoms with E-state index in [1.807, 2.05) is 0 Å². The number of hydrogen-bond acceptors (Lipinski definition) is 2. The minimum absolute atomic E-state index is 0.836.